The maximum Gasteiger partial charge on any atom is 0.213 e. The van der Waals surface area contributed by atoms with E-state index in [1.54, 1.807) is 6.07 Å². The summed E-state index contributed by atoms with van der Waals surface area (Å²) in [7, 11) is 0. The van der Waals surface area contributed by atoms with Crippen molar-refractivity contribution in [1.29, 1.82) is 0 Å². The number of fused-ring (bicyclic) bond motifs is 1. The number of ether oxygens (including phenoxy) is 1. The molecular weight excluding hydrogens is 422 g/mol. The van der Waals surface area contributed by atoms with Gasteiger partial charge in [-0.2, -0.15) is 0 Å². The van der Waals surface area contributed by atoms with Crippen LogP contribution in [0.15, 0.2) is 66.9 Å². The number of hydrogen-bond donors (Lipinski definition) is 1. The van der Waals surface area contributed by atoms with E-state index >= 15 is 0 Å². The van der Waals surface area contributed by atoms with E-state index in [1.807, 2.05) is 30.5 Å². The zero-order valence-electron chi connectivity index (χ0n) is 18.2. The lowest BCUT2D eigenvalue weighted by molar-refractivity contribution is 0.232. The van der Waals surface area contributed by atoms with Crippen LogP contribution in [-0.2, 0) is 6.42 Å². The van der Waals surface area contributed by atoms with Crippen molar-refractivity contribution in [3.63, 3.8) is 0 Å². The van der Waals surface area contributed by atoms with Crippen molar-refractivity contribution < 1.29 is 9.84 Å². The molecule has 0 aliphatic carbocycles. The van der Waals surface area contributed by atoms with Crippen LogP contribution in [0.2, 0.25) is 0 Å². The Bertz CT molecular complexity index is 1010. The Morgan fingerprint density at radius 2 is 1.78 bits per heavy atom. The monoisotopic (exact) mass is 451 g/mol. The number of anilines is 1. The summed E-state index contributed by atoms with van der Waals surface area (Å²) in [5.41, 5.74) is 4.74. The first-order chi connectivity index (χ1) is 15.3. The number of likely N-dealkylation sites (tertiary alicyclic amines) is 1. The van der Waals surface area contributed by atoms with Crippen LogP contribution in [0.25, 0.3) is 0 Å². The third kappa shape index (κ3) is 4.84. The summed E-state index contributed by atoms with van der Waals surface area (Å²) < 4.78 is 5.91. The van der Waals surface area contributed by atoms with E-state index in [1.165, 1.54) is 42.7 Å². The van der Waals surface area contributed by atoms with Gasteiger partial charge in [-0.15, -0.1) is 12.4 Å². The number of pyridine rings is 1. The van der Waals surface area contributed by atoms with Crippen molar-refractivity contribution in [3.05, 3.63) is 83.6 Å². The van der Waals surface area contributed by atoms with Gasteiger partial charge in [0.2, 0.25) is 5.88 Å². The fourth-order valence-electron chi connectivity index (χ4n) is 4.79. The lowest BCUT2D eigenvalue weighted by Gasteiger charge is -2.39. The fraction of sp³-hybridized carbons (Fsp3) is 0.346. The zero-order valence-corrected chi connectivity index (χ0v) is 19.0. The molecule has 2 aliphatic rings. The Balaban J connectivity index is 0.00000245. The lowest BCUT2D eigenvalue weighted by Crippen LogP contribution is -2.36. The predicted molar refractivity (Wildman–Crippen MR) is 130 cm³/mol. The van der Waals surface area contributed by atoms with Crippen LogP contribution in [-0.4, -0.2) is 47.8 Å². The average molecular weight is 452 g/mol. The number of nitrogens with zero attached hydrogens (tertiary/aromatic N) is 3. The predicted octanol–water partition coefficient (Wildman–Crippen LogP) is 4.84. The van der Waals surface area contributed by atoms with Crippen molar-refractivity contribution in [2.45, 2.75) is 25.3 Å². The van der Waals surface area contributed by atoms with Crippen molar-refractivity contribution in [3.8, 4) is 11.6 Å². The van der Waals surface area contributed by atoms with Crippen molar-refractivity contribution in [2.24, 2.45) is 0 Å². The first-order valence-electron chi connectivity index (χ1n) is 11.2. The van der Waals surface area contributed by atoms with Gasteiger partial charge in [-0.05, 0) is 79.4 Å². The summed E-state index contributed by atoms with van der Waals surface area (Å²) in [4.78, 5) is 9.49. The summed E-state index contributed by atoms with van der Waals surface area (Å²) >= 11 is 0. The molecule has 0 saturated carbocycles. The molecule has 1 unspecified atom stereocenters. The van der Waals surface area contributed by atoms with Crippen LogP contribution < -0.4 is 9.64 Å². The number of hydrogen-bond acceptors (Lipinski definition) is 5. The first-order valence-corrected chi connectivity index (χ1v) is 11.2. The van der Waals surface area contributed by atoms with Gasteiger partial charge in [0.25, 0.3) is 0 Å². The second-order valence-corrected chi connectivity index (χ2v) is 8.39. The van der Waals surface area contributed by atoms with E-state index in [-0.39, 0.29) is 18.4 Å². The smallest absolute Gasteiger partial charge is 0.213 e. The Morgan fingerprint density at radius 1 is 0.969 bits per heavy atom. The van der Waals surface area contributed by atoms with Crippen LogP contribution in [0.3, 0.4) is 0 Å². The minimum atomic E-state index is 0. The second-order valence-electron chi connectivity index (χ2n) is 8.39. The normalized spacial score (nSPS) is 18.1. The number of rotatable bonds is 6. The highest BCUT2D eigenvalue weighted by Gasteiger charge is 2.29. The Hall–Kier alpha value is -2.76. The van der Waals surface area contributed by atoms with E-state index in [4.69, 9.17) is 4.74 Å². The molecule has 1 atom stereocenters. The molecule has 32 heavy (non-hydrogen) atoms. The number of aromatic hydroxyl groups is 1. The van der Waals surface area contributed by atoms with Gasteiger partial charge in [-0.3, -0.25) is 4.90 Å². The summed E-state index contributed by atoms with van der Waals surface area (Å²) in [6, 6.07) is 20.4. The van der Waals surface area contributed by atoms with Crippen LogP contribution >= 0.6 is 12.4 Å². The summed E-state index contributed by atoms with van der Waals surface area (Å²) in [6.07, 6.45) is 5.44. The zero-order chi connectivity index (χ0) is 21.0. The number of para-hydroxylation sites is 1. The van der Waals surface area contributed by atoms with Gasteiger partial charge < -0.3 is 14.7 Å². The van der Waals surface area contributed by atoms with Crippen LogP contribution in [0.5, 0.6) is 11.6 Å². The number of phenols is 1. The molecule has 5 rings (SSSR count). The highest BCUT2D eigenvalue weighted by Crippen LogP contribution is 2.39. The SMILES string of the molecule is Cl.Oc1ccc2c(c1)CCN(c1ccccc1)C2c1ccc(OCCN2CCCC2)nc1. The minimum absolute atomic E-state index is 0. The van der Waals surface area contributed by atoms with Crippen LogP contribution in [0.1, 0.15) is 35.6 Å². The molecule has 5 nitrogen and oxygen atoms in total. The molecular formula is C26H30ClN3O2. The molecule has 6 heteroatoms. The summed E-state index contributed by atoms with van der Waals surface area (Å²) in [5, 5.41) is 9.98. The van der Waals surface area contributed by atoms with Gasteiger partial charge in [0.15, 0.2) is 0 Å². The topological polar surface area (TPSA) is 48.8 Å². The molecule has 0 radical (unpaired) electrons. The molecule has 1 N–H and O–H groups in total. The number of halogens is 1. The van der Waals surface area contributed by atoms with E-state index in [0.29, 0.717) is 18.2 Å². The largest absolute Gasteiger partial charge is 0.508 e. The fourth-order valence-corrected chi connectivity index (χ4v) is 4.79. The standard InChI is InChI=1S/C26H29N3O2.ClH/c30-23-9-10-24-20(18-23)12-15-29(22-6-2-1-3-7-22)26(24)21-8-11-25(27-19-21)31-17-16-28-13-4-5-14-28;/h1-3,6-11,18-19,26,30H,4-5,12-17H2;1H. The molecule has 0 spiro atoms. The maximum atomic E-state index is 9.98. The van der Waals surface area contributed by atoms with Crippen molar-refractivity contribution >= 4 is 18.1 Å². The van der Waals surface area contributed by atoms with E-state index in [9.17, 15) is 5.11 Å². The molecule has 2 aliphatic heterocycles. The highest BCUT2D eigenvalue weighted by atomic mass is 35.5. The molecule has 3 aromatic rings. The molecule has 3 heterocycles. The van der Waals surface area contributed by atoms with Crippen molar-refractivity contribution in [1.82, 2.24) is 9.88 Å². The van der Waals surface area contributed by atoms with Gasteiger partial charge >= 0.3 is 0 Å². The third-order valence-electron chi connectivity index (χ3n) is 6.37. The second kappa shape index (κ2) is 10.2. The minimum Gasteiger partial charge on any atom is -0.508 e. The number of aromatic nitrogens is 1. The summed E-state index contributed by atoms with van der Waals surface area (Å²) in [5.74, 6) is 1.00. The van der Waals surface area contributed by atoms with Crippen LogP contribution in [0.4, 0.5) is 5.69 Å². The molecule has 1 saturated heterocycles. The van der Waals surface area contributed by atoms with Crippen LogP contribution in [0, 0.1) is 0 Å². The van der Waals surface area contributed by atoms with Gasteiger partial charge in [-0.1, -0.05) is 24.3 Å². The molecule has 0 bridgehead atoms. The molecule has 2 aromatic carbocycles. The Labute approximate surface area is 196 Å². The van der Waals surface area contributed by atoms with E-state index in [2.05, 4.69) is 45.1 Å². The highest BCUT2D eigenvalue weighted by molar-refractivity contribution is 5.85. The van der Waals surface area contributed by atoms with Gasteiger partial charge in [-0.25, -0.2) is 4.98 Å². The first kappa shape index (κ1) is 22.4. The molecule has 1 fully saturated rings. The summed E-state index contributed by atoms with van der Waals surface area (Å²) in [6.45, 7) is 4.89. The Morgan fingerprint density at radius 3 is 2.53 bits per heavy atom. The molecule has 168 valence electrons. The third-order valence-corrected chi connectivity index (χ3v) is 6.37. The van der Waals surface area contributed by atoms with Gasteiger partial charge in [0.05, 0.1) is 6.04 Å². The van der Waals surface area contributed by atoms with Crippen molar-refractivity contribution in [2.75, 3.05) is 37.7 Å². The van der Waals surface area contributed by atoms with Gasteiger partial charge in [0.1, 0.15) is 12.4 Å². The quantitative estimate of drug-likeness (QED) is 0.581. The molecule has 1 aromatic heterocycles. The van der Waals surface area contributed by atoms with Gasteiger partial charge in [0, 0.05) is 31.0 Å². The number of benzene rings is 2. The van der Waals surface area contributed by atoms with E-state index < -0.39 is 0 Å². The molecule has 0 amide bonds. The number of phenolic OH excluding ortho intramolecular Hbond substituents is 1. The van der Waals surface area contributed by atoms with E-state index in [0.717, 1.165) is 25.1 Å². The Kier molecular flexibility index (Phi) is 7.18. The maximum absolute atomic E-state index is 9.98. The average Bonchev–Trinajstić information content (AvgIpc) is 3.33. The lowest BCUT2D eigenvalue weighted by atomic mass is 9.88.